The van der Waals surface area contributed by atoms with Gasteiger partial charge in [0, 0.05) is 29.0 Å². The lowest BCUT2D eigenvalue weighted by Crippen LogP contribution is -2.15. The molecule has 7 heteroatoms. The van der Waals surface area contributed by atoms with Gasteiger partial charge in [-0.2, -0.15) is 0 Å². The second-order valence-corrected chi connectivity index (χ2v) is 5.26. The first-order chi connectivity index (χ1) is 9.24. The van der Waals surface area contributed by atoms with Crippen LogP contribution in [0.2, 0.25) is 0 Å². The average Bonchev–Trinajstić information content (AvgIpc) is 2.99. The van der Waals surface area contributed by atoms with Gasteiger partial charge in [-0.25, -0.2) is 9.78 Å². The van der Waals surface area contributed by atoms with Crippen LogP contribution in [-0.4, -0.2) is 19.7 Å². The van der Waals surface area contributed by atoms with Gasteiger partial charge in [-0.3, -0.25) is 14.1 Å². The Morgan fingerprint density at radius 1 is 1.37 bits per heavy atom. The molecule has 0 N–H and O–H groups in total. The Morgan fingerprint density at radius 2 is 2.16 bits per heavy atom. The molecule has 96 valence electrons. The van der Waals surface area contributed by atoms with Crippen molar-refractivity contribution >= 4 is 11.3 Å². The Morgan fingerprint density at radius 3 is 2.84 bits per heavy atom. The maximum absolute atomic E-state index is 11.7. The number of thiazole rings is 1. The molecule has 0 amide bonds. The van der Waals surface area contributed by atoms with Crippen LogP contribution in [0.3, 0.4) is 0 Å². The lowest BCUT2D eigenvalue weighted by atomic mass is 10.2. The fourth-order valence-corrected chi connectivity index (χ4v) is 2.53. The van der Waals surface area contributed by atoms with Crippen molar-refractivity contribution in [1.29, 1.82) is 0 Å². The van der Waals surface area contributed by atoms with E-state index < -0.39 is 5.76 Å². The molecule has 6 nitrogen and oxygen atoms in total. The lowest BCUT2D eigenvalue weighted by Gasteiger charge is -2.01. The van der Waals surface area contributed by atoms with Crippen LogP contribution in [0.5, 0.6) is 0 Å². The summed E-state index contributed by atoms with van der Waals surface area (Å²) >= 11 is 1.55. The molecule has 0 aliphatic carbocycles. The highest BCUT2D eigenvalue weighted by Gasteiger charge is 2.13. The maximum atomic E-state index is 11.7. The molecule has 0 saturated heterocycles. The van der Waals surface area contributed by atoms with E-state index in [4.69, 9.17) is 4.52 Å². The molecule has 0 aliphatic rings. The highest BCUT2D eigenvalue weighted by molar-refractivity contribution is 7.11. The topological polar surface area (TPSA) is 73.8 Å². The fraction of sp³-hybridized carbons (Fsp3) is 0.167. The number of hydrogen-bond donors (Lipinski definition) is 0. The molecule has 0 radical (unpaired) electrons. The predicted octanol–water partition coefficient (Wildman–Crippen LogP) is 1.71. The summed E-state index contributed by atoms with van der Waals surface area (Å²) in [6, 6.07) is 3.57. The molecule has 0 unspecified atom stereocenters. The fourth-order valence-electron chi connectivity index (χ4n) is 1.75. The molecule has 19 heavy (non-hydrogen) atoms. The van der Waals surface area contributed by atoms with E-state index in [-0.39, 0.29) is 0 Å². The molecular weight excluding hydrogens is 264 g/mol. The predicted molar refractivity (Wildman–Crippen MR) is 69.9 cm³/mol. The first-order valence-corrected chi connectivity index (χ1v) is 6.44. The minimum absolute atomic E-state index is 0.408. The Kier molecular flexibility index (Phi) is 2.96. The zero-order chi connectivity index (χ0) is 13.2. The SMILES string of the molecule is Cc1ncc(Cn2c(-c3ccncc3)noc2=O)s1. The van der Waals surface area contributed by atoms with Crippen molar-refractivity contribution in [3.63, 3.8) is 0 Å². The summed E-state index contributed by atoms with van der Waals surface area (Å²) in [5.41, 5.74) is 0.794. The molecule has 0 atom stereocenters. The largest absolute Gasteiger partial charge is 0.442 e. The lowest BCUT2D eigenvalue weighted by molar-refractivity contribution is 0.378. The number of nitrogens with zero attached hydrogens (tertiary/aromatic N) is 4. The Balaban J connectivity index is 2.02. The van der Waals surface area contributed by atoms with E-state index >= 15 is 0 Å². The van der Waals surface area contributed by atoms with Crippen LogP contribution >= 0.6 is 11.3 Å². The van der Waals surface area contributed by atoms with Gasteiger partial charge in [0.2, 0.25) is 0 Å². The van der Waals surface area contributed by atoms with Crippen LogP contribution in [-0.2, 0) is 6.54 Å². The smallest absolute Gasteiger partial charge is 0.295 e. The highest BCUT2D eigenvalue weighted by Crippen LogP contribution is 2.18. The van der Waals surface area contributed by atoms with Crippen LogP contribution in [0.4, 0.5) is 0 Å². The summed E-state index contributed by atoms with van der Waals surface area (Å²) in [5.74, 6) is 0.0244. The monoisotopic (exact) mass is 274 g/mol. The zero-order valence-corrected chi connectivity index (χ0v) is 10.9. The van der Waals surface area contributed by atoms with Crippen LogP contribution in [0, 0.1) is 6.92 Å². The van der Waals surface area contributed by atoms with Crippen molar-refractivity contribution in [2.24, 2.45) is 0 Å². The van der Waals surface area contributed by atoms with E-state index in [1.54, 1.807) is 42.1 Å². The molecule has 0 fully saturated rings. The third-order valence-corrected chi connectivity index (χ3v) is 3.51. The van der Waals surface area contributed by atoms with Crippen LogP contribution in [0.15, 0.2) is 40.0 Å². The number of pyridine rings is 1. The van der Waals surface area contributed by atoms with Crippen LogP contribution < -0.4 is 5.76 Å². The van der Waals surface area contributed by atoms with Crippen molar-refractivity contribution < 1.29 is 4.52 Å². The summed E-state index contributed by atoms with van der Waals surface area (Å²) in [6.07, 6.45) is 5.06. The van der Waals surface area contributed by atoms with E-state index in [1.165, 1.54) is 4.57 Å². The molecule has 0 saturated carbocycles. The van der Waals surface area contributed by atoms with Gasteiger partial charge in [0.15, 0.2) is 5.82 Å². The Hall–Kier alpha value is -2.28. The molecular formula is C12H10N4O2S. The van der Waals surface area contributed by atoms with E-state index in [0.717, 1.165) is 15.4 Å². The van der Waals surface area contributed by atoms with Gasteiger partial charge in [-0.05, 0) is 19.1 Å². The maximum Gasteiger partial charge on any atom is 0.442 e. The number of hydrogen-bond acceptors (Lipinski definition) is 6. The first kappa shape index (κ1) is 11.8. The summed E-state index contributed by atoms with van der Waals surface area (Å²) < 4.78 is 6.24. The minimum Gasteiger partial charge on any atom is -0.295 e. The minimum atomic E-state index is -0.474. The van der Waals surface area contributed by atoms with Crippen molar-refractivity contribution in [2.75, 3.05) is 0 Å². The zero-order valence-electron chi connectivity index (χ0n) is 10.1. The first-order valence-electron chi connectivity index (χ1n) is 5.62. The average molecular weight is 274 g/mol. The van der Waals surface area contributed by atoms with Gasteiger partial charge >= 0.3 is 5.76 Å². The van der Waals surface area contributed by atoms with Gasteiger partial charge in [0.05, 0.1) is 11.6 Å². The molecule has 0 aromatic carbocycles. The van der Waals surface area contributed by atoms with Gasteiger partial charge in [-0.15, -0.1) is 11.3 Å². The second-order valence-electron chi connectivity index (χ2n) is 3.94. The van der Waals surface area contributed by atoms with Gasteiger partial charge in [0.1, 0.15) is 0 Å². The van der Waals surface area contributed by atoms with E-state index in [1.807, 2.05) is 6.92 Å². The van der Waals surface area contributed by atoms with Gasteiger partial charge < -0.3 is 0 Å². The number of aromatic nitrogens is 4. The number of aryl methyl sites for hydroxylation is 1. The molecule has 0 bridgehead atoms. The van der Waals surface area contributed by atoms with Crippen LogP contribution in [0.1, 0.15) is 9.88 Å². The quantitative estimate of drug-likeness (QED) is 0.727. The Bertz CT molecular complexity index is 744. The van der Waals surface area contributed by atoms with E-state index in [0.29, 0.717) is 12.4 Å². The third-order valence-electron chi connectivity index (χ3n) is 2.61. The highest BCUT2D eigenvalue weighted by atomic mass is 32.1. The molecule has 0 spiro atoms. The van der Waals surface area contributed by atoms with Crippen molar-refractivity contribution in [3.05, 3.63) is 51.2 Å². The normalized spacial score (nSPS) is 10.8. The second kappa shape index (κ2) is 4.77. The molecule has 3 aromatic rings. The standard InChI is InChI=1S/C12H10N4O2S/c1-8-14-6-10(19-8)7-16-11(15-18-12(16)17)9-2-4-13-5-3-9/h2-6H,7H2,1H3. The molecule has 3 rings (SSSR count). The summed E-state index contributed by atoms with van der Waals surface area (Å²) in [7, 11) is 0. The van der Waals surface area contributed by atoms with Gasteiger partial charge in [0.25, 0.3) is 0 Å². The van der Waals surface area contributed by atoms with Crippen LogP contribution in [0.25, 0.3) is 11.4 Å². The number of rotatable bonds is 3. The molecule has 3 aromatic heterocycles. The van der Waals surface area contributed by atoms with Crippen molar-refractivity contribution in [2.45, 2.75) is 13.5 Å². The third kappa shape index (κ3) is 2.32. The van der Waals surface area contributed by atoms with E-state index in [9.17, 15) is 4.79 Å². The molecule has 3 heterocycles. The summed E-state index contributed by atoms with van der Waals surface area (Å²) in [4.78, 5) is 20.8. The van der Waals surface area contributed by atoms with Gasteiger partial charge in [-0.1, -0.05) is 5.16 Å². The van der Waals surface area contributed by atoms with E-state index in [2.05, 4.69) is 15.1 Å². The summed E-state index contributed by atoms with van der Waals surface area (Å²) in [6.45, 7) is 2.33. The molecule has 0 aliphatic heterocycles. The Labute approximate surface area is 112 Å². The van der Waals surface area contributed by atoms with Crippen molar-refractivity contribution in [3.8, 4) is 11.4 Å². The van der Waals surface area contributed by atoms with Crippen molar-refractivity contribution in [1.82, 2.24) is 19.7 Å². The summed E-state index contributed by atoms with van der Waals surface area (Å²) in [5, 5.41) is 4.78.